The highest BCUT2D eigenvalue weighted by Gasteiger charge is 2.25. The van der Waals surface area contributed by atoms with Crippen molar-refractivity contribution in [3.63, 3.8) is 0 Å². The molecule has 0 aromatic heterocycles. The van der Waals surface area contributed by atoms with E-state index in [9.17, 15) is 14.4 Å². The third-order valence-corrected chi connectivity index (χ3v) is 4.64. The van der Waals surface area contributed by atoms with Gasteiger partial charge in [-0.15, -0.1) is 0 Å². The largest absolute Gasteiger partial charge is 0.483 e. The molecular weight excluding hydrogens is 346 g/mol. The second-order valence-corrected chi connectivity index (χ2v) is 6.62. The van der Waals surface area contributed by atoms with Gasteiger partial charge >= 0.3 is 0 Å². The molecule has 0 radical (unpaired) electrons. The number of carbonyl (C=O) groups is 3. The van der Waals surface area contributed by atoms with Gasteiger partial charge in [-0.3, -0.25) is 14.4 Å². The summed E-state index contributed by atoms with van der Waals surface area (Å²) in [5.41, 5.74) is 0.847. The fraction of sp³-hybridized carbons (Fsp3) is 0.471. The lowest BCUT2D eigenvalue weighted by Gasteiger charge is -2.23. The number of carbonyl (C=O) groups excluding carboxylic acids is 3. The molecule has 8 heteroatoms. The van der Waals surface area contributed by atoms with Crippen molar-refractivity contribution in [1.29, 1.82) is 0 Å². The summed E-state index contributed by atoms with van der Waals surface area (Å²) in [4.78, 5) is 37.1. The molecule has 7 nitrogen and oxygen atoms in total. The van der Waals surface area contributed by atoms with Crippen LogP contribution in [0.3, 0.4) is 0 Å². The second kappa shape index (κ2) is 7.74. The van der Waals surface area contributed by atoms with E-state index in [1.807, 2.05) is 0 Å². The number of ether oxygens (including phenoxy) is 1. The first kappa shape index (κ1) is 17.5. The van der Waals surface area contributed by atoms with Crippen LogP contribution in [0.25, 0.3) is 0 Å². The Labute approximate surface area is 150 Å². The summed E-state index contributed by atoms with van der Waals surface area (Å²) in [6, 6.07) is 5.27. The van der Waals surface area contributed by atoms with Crippen LogP contribution in [-0.2, 0) is 20.9 Å². The standard InChI is InChI=1S/C17H20ClN3O4/c18-13-2-3-14-12(7-13)9-21(16(23)10-25-14)6-5-19-17(24)11-1-4-15(22)20-8-11/h2-3,7,11H,1,4-6,8-10H2,(H,19,24)(H,20,22)/t11-/m1/s1. The summed E-state index contributed by atoms with van der Waals surface area (Å²) in [5, 5.41) is 6.12. The van der Waals surface area contributed by atoms with Crippen LogP contribution in [0.2, 0.25) is 5.02 Å². The average Bonchev–Trinajstić information content (AvgIpc) is 2.74. The monoisotopic (exact) mass is 365 g/mol. The Balaban J connectivity index is 1.52. The maximum atomic E-state index is 12.2. The summed E-state index contributed by atoms with van der Waals surface area (Å²) < 4.78 is 5.50. The van der Waals surface area contributed by atoms with Crippen LogP contribution in [0.4, 0.5) is 0 Å². The van der Waals surface area contributed by atoms with Crippen LogP contribution in [0.5, 0.6) is 5.75 Å². The molecule has 0 unspecified atom stereocenters. The molecule has 1 aromatic carbocycles. The van der Waals surface area contributed by atoms with Gasteiger partial charge in [0, 0.05) is 43.2 Å². The number of rotatable bonds is 4. The normalized spacial score (nSPS) is 20.2. The van der Waals surface area contributed by atoms with Crippen molar-refractivity contribution in [2.24, 2.45) is 5.92 Å². The predicted octanol–water partition coefficient (Wildman–Crippen LogP) is 0.703. The van der Waals surface area contributed by atoms with Gasteiger partial charge in [-0.05, 0) is 24.6 Å². The Morgan fingerprint density at radius 1 is 1.40 bits per heavy atom. The molecule has 2 N–H and O–H groups in total. The van der Waals surface area contributed by atoms with E-state index in [0.717, 1.165) is 5.56 Å². The molecule has 3 amide bonds. The summed E-state index contributed by atoms with van der Waals surface area (Å²) in [6.45, 7) is 1.47. The SMILES string of the molecule is O=C1CC[C@@H](C(=O)NCCN2Cc3cc(Cl)ccc3OCC2=O)CN1. The lowest BCUT2D eigenvalue weighted by atomic mass is 9.98. The first-order chi connectivity index (χ1) is 12.0. The Kier molecular flexibility index (Phi) is 5.43. The van der Waals surface area contributed by atoms with Gasteiger partial charge in [-0.2, -0.15) is 0 Å². The molecule has 25 heavy (non-hydrogen) atoms. The molecular formula is C17H20ClN3O4. The van der Waals surface area contributed by atoms with Crippen LogP contribution in [0, 0.1) is 5.92 Å². The van der Waals surface area contributed by atoms with Crippen molar-refractivity contribution in [1.82, 2.24) is 15.5 Å². The Morgan fingerprint density at radius 3 is 3.00 bits per heavy atom. The van der Waals surface area contributed by atoms with Crippen LogP contribution in [-0.4, -0.2) is 48.9 Å². The van der Waals surface area contributed by atoms with Gasteiger partial charge in [0.15, 0.2) is 6.61 Å². The molecule has 1 atom stereocenters. The van der Waals surface area contributed by atoms with Gasteiger partial charge in [0.1, 0.15) is 5.75 Å². The molecule has 2 aliphatic rings. The fourth-order valence-electron chi connectivity index (χ4n) is 2.96. The van der Waals surface area contributed by atoms with E-state index >= 15 is 0 Å². The number of hydrogen-bond donors (Lipinski definition) is 2. The second-order valence-electron chi connectivity index (χ2n) is 6.19. The number of halogens is 1. The molecule has 3 rings (SSSR count). The molecule has 2 aliphatic heterocycles. The molecule has 0 spiro atoms. The summed E-state index contributed by atoms with van der Waals surface area (Å²) >= 11 is 6.01. The highest BCUT2D eigenvalue weighted by atomic mass is 35.5. The van der Waals surface area contributed by atoms with Gasteiger partial charge in [-0.25, -0.2) is 0 Å². The number of hydrogen-bond acceptors (Lipinski definition) is 4. The summed E-state index contributed by atoms with van der Waals surface area (Å²) in [7, 11) is 0. The van der Waals surface area contributed by atoms with Gasteiger partial charge in [-0.1, -0.05) is 11.6 Å². The maximum absolute atomic E-state index is 12.2. The third-order valence-electron chi connectivity index (χ3n) is 4.40. The number of piperidine rings is 1. The lowest BCUT2D eigenvalue weighted by molar-refractivity contribution is -0.134. The molecule has 134 valence electrons. The Hall–Kier alpha value is -2.28. The molecule has 1 saturated heterocycles. The van der Waals surface area contributed by atoms with Crippen molar-refractivity contribution in [2.75, 3.05) is 26.2 Å². The number of benzene rings is 1. The van der Waals surface area contributed by atoms with Crippen LogP contribution in [0.15, 0.2) is 18.2 Å². The van der Waals surface area contributed by atoms with Gasteiger partial charge < -0.3 is 20.3 Å². The highest BCUT2D eigenvalue weighted by Crippen LogP contribution is 2.26. The lowest BCUT2D eigenvalue weighted by Crippen LogP contribution is -2.45. The topological polar surface area (TPSA) is 87.7 Å². The molecule has 1 aromatic rings. The van der Waals surface area contributed by atoms with E-state index in [-0.39, 0.29) is 30.2 Å². The smallest absolute Gasteiger partial charge is 0.260 e. The van der Waals surface area contributed by atoms with E-state index in [2.05, 4.69) is 10.6 Å². The zero-order valence-electron chi connectivity index (χ0n) is 13.7. The van der Waals surface area contributed by atoms with E-state index < -0.39 is 0 Å². The van der Waals surface area contributed by atoms with Crippen molar-refractivity contribution >= 4 is 29.3 Å². The number of nitrogens with one attached hydrogen (secondary N) is 2. The maximum Gasteiger partial charge on any atom is 0.260 e. The van der Waals surface area contributed by atoms with Gasteiger partial charge in [0.25, 0.3) is 5.91 Å². The van der Waals surface area contributed by atoms with Gasteiger partial charge in [0.05, 0.1) is 5.92 Å². The summed E-state index contributed by atoms with van der Waals surface area (Å²) in [5.74, 6) is 0.202. The quantitative estimate of drug-likeness (QED) is 0.822. The van der Waals surface area contributed by atoms with E-state index in [4.69, 9.17) is 16.3 Å². The van der Waals surface area contributed by atoms with E-state index in [1.54, 1.807) is 23.1 Å². The molecule has 0 aliphatic carbocycles. The minimum absolute atomic E-state index is 0.0171. The van der Waals surface area contributed by atoms with Gasteiger partial charge in [0.2, 0.25) is 11.8 Å². The van der Waals surface area contributed by atoms with Crippen LogP contribution >= 0.6 is 11.6 Å². The number of nitrogens with zero attached hydrogens (tertiary/aromatic N) is 1. The third kappa shape index (κ3) is 4.42. The minimum atomic E-state index is -0.208. The summed E-state index contributed by atoms with van der Waals surface area (Å²) in [6.07, 6.45) is 0.928. The molecule has 2 heterocycles. The van der Waals surface area contributed by atoms with Crippen molar-refractivity contribution in [2.45, 2.75) is 19.4 Å². The predicted molar refractivity (Wildman–Crippen MR) is 91.1 cm³/mol. The van der Waals surface area contributed by atoms with E-state index in [0.29, 0.717) is 49.8 Å². The van der Waals surface area contributed by atoms with Crippen LogP contribution in [0.1, 0.15) is 18.4 Å². The van der Waals surface area contributed by atoms with E-state index in [1.165, 1.54) is 0 Å². The molecule has 0 saturated carbocycles. The van der Waals surface area contributed by atoms with Crippen LogP contribution < -0.4 is 15.4 Å². The van der Waals surface area contributed by atoms with Crippen molar-refractivity contribution < 1.29 is 19.1 Å². The Morgan fingerprint density at radius 2 is 2.24 bits per heavy atom. The first-order valence-electron chi connectivity index (χ1n) is 8.26. The van der Waals surface area contributed by atoms with Crippen molar-refractivity contribution in [3.05, 3.63) is 28.8 Å². The number of fused-ring (bicyclic) bond motifs is 1. The minimum Gasteiger partial charge on any atom is -0.483 e. The zero-order valence-corrected chi connectivity index (χ0v) is 14.5. The van der Waals surface area contributed by atoms with Crippen molar-refractivity contribution in [3.8, 4) is 5.75 Å². The highest BCUT2D eigenvalue weighted by molar-refractivity contribution is 6.30. The molecule has 0 bridgehead atoms. The average molecular weight is 366 g/mol. The first-order valence-corrected chi connectivity index (χ1v) is 8.64. The number of amides is 3. The molecule has 1 fully saturated rings. The fourth-order valence-corrected chi connectivity index (χ4v) is 3.15. The Bertz CT molecular complexity index is 684. The zero-order chi connectivity index (χ0) is 17.8.